The Labute approximate surface area is 208 Å². The van der Waals surface area contributed by atoms with E-state index >= 15 is 0 Å². The van der Waals surface area contributed by atoms with Crippen LogP contribution in [0.25, 0.3) is 29.2 Å². The van der Waals surface area contributed by atoms with Crippen LogP contribution >= 0.6 is 12.6 Å². The zero-order valence-corrected chi connectivity index (χ0v) is 20.1. The fraction of sp³-hybridized carbons (Fsp3) is 0.259. The van der Waals surface area contributed by atoms with E-state index in [1.54, 1.807) is 12.4 Å². The van der Waals surface area contributed by atoms with Gasteiger partial charge in [0.2, 0.25) is 11.8 Å². The van der Waals surface area contributed by atoms with Crippen molar-refractivity contribution < 1.29 is 9.21 Å². The Morgan fingerprint density at radius 1 is 1.14 bits per heavy atom. The van der Waals surface area contributed by atoms with Crippen LogP contribution in [0.5, 0.6) is 0 Å². The van der Waals surface area contributed by atoms with Crippen LogP contribution < -0.4 is 0 Å². The fourth-order valence-corrected chi connectivity index (χ4v) is 4.67. The van der Waals surface area contributed by atoms with E-state index in [1.807, 2.05) is 41.4 Å². The van der Waals surface area contributed by atoms with Crippen LogP contribution in [0, 0.1) is 0 Å². The molecule has 6 rings (SSSR count). The molecule has 4 heterocycles. The lowest BCUT2D eigenvalue weighted by atomic mass is 10.1. The summed E-state index contributed by atoms with van der Waals surface area (Å²) in [6.45, 7) is 1.05. The number of thiol groups is 1. The van der Waals surface area contributed by atoms with E-state index in [1.165, 1.54) is 12.8 Å². The quantitative estimate of drug-likeness (QED) is 0.369. The van der Waals surface area contributed by atoms with E-state index in [-0.39, 0.29) is 5.91 Å². The highest BCUT2D eigenvalue weighted by Gasteiger charge is 2.30. The second kappa shape index (κ2) is 9.19. The van der Waals surface area contributed by atoms with Gasteiger partial charge in [-0.25, -0.2) is 9.97 Å². The van der Waals surface area contributed by atoms with Gasteiger partial charge >= 0.3 is 0 Å². The smallest absolute Gasteiger partial charge is 0.224 e. The molecule has 1 aliphatic carbocycles. The molecule has 1 fully saturated rings. The van der Waals surface area contributed by atoms with Gasteiger partial charge in [-0.3, -0.25) is 14.3 Å². The summed E-state index contributed by atoms with van der Waals surface area (Å²) >= 11 is 4.21. The van der Waals surface area contributed by atoms with Gasteiger partial charge in [-0.1, -0.05) is 18.2 Å². The Bertz CT molecular complexity index is 1400. The van der Waals surface area contributed by atoms with Crippen molar-refractivity contribution in [3.8, 4) is 17.1 Å². The molecule has 0 radical (unpaired) electrons. The van der Waals surface area contributed by atoms with Crippen LogP contribution in [0.3, 0.4) is 0 Å². The van der Waals surface area contributed by atoms with E-state index in [4.69, 9.17) is 9.40 Å². The minimum absolute atomic E-state index is 0.101. The van der Waals surface area contributed by atoms with Gasteiger partial charge < -0.3 is 9.32 Å². The minimum Gasteiger partial charge on any atom is -0.442 e. The molecule has 35 heavy (non-hydrogen) atoms. The molecule has 1 aliphatic heterocycles. The van der Waals surface area contributed by atoms with Gasteiger partial charge in [0.05, 0.1) is 36.4 Å². The third-order valence-electron chi connectivity index (χ3n) is 6.42. The Balaban J connectivity index is 1.33. The van der Waals surface area contributed by atoms with Crippen molar-refractivity contribution in [1.82, 2.24) is 24.4 Å². The summed E-state index contributed by atoms with van der Waals surface area (Å²) in [5, 5.41) is 0. The molecule has 1 amide bonds. The topological polar surface area (TPSA) is 77.0 Å². The van der Waals surface area contributed by atoms with Gasteiger partial charge in [0.1, 0.15) is 11.6 Å². The normalized spacial score (nSPS) is 15.2. The number of benzene rings is 1. The number of pyridine rings is 1. The summed E-state index contributed by atoms with van der Waals surface area (Å²) in [6.07, 6.45) is 12.1. The number of hydrogen-bond acceptors (Lipinski definition) is 6. The summed E-state index contributed by atoms with van der Waals surface area (Å²) in [5.74, 6) is 3.65. The summed E-state index contributed by atoms with van der Waals surface area (Å²) in [7, 11) is 0. The number of hydrogen-bond donors (Lipinski definition) is 1. The van der Waals surface area contributed by atoms with E-state index in [0.717, 1.165) is 39.8 Å². The molecule has 176 valence electrons. The predicted octanol–water partition coefficient (Wildman–Crippen LogP) is 5.13. The first-order chi connectivity index (χ1) is 17.2. The van der Waals surface area contributed by atoms with Crippen molar-refractivity contribution in [2.24, 2.45) is 0 Å². The molecule has 0 atom stereocenters. The Hall–Kier alpha value is -3.65. The second-order valence-corrected chi connectivity index (χ2v) is 9.37. The maximum atomic E-state index is 12.5. The van der Waals surface area contributed by atoms with Gasteiger partial charge in [0.15, 0.2) is 0 Å². The van der Waals surface area contributed by atoms with Crippen LogP contribution in [0.4, 0.5) is 0 Å². The first-order valence-corrected chi connectivity index (χ1v) is 12.5. The van der Waals surface area contributed by atoms with E-state index in [2.05, 4.69) is 45.4 Å². The van der Waals surface area contributed by atoms with E-state index < -0.39 is 0 Å². The molecule has 1 saturated carbocycles. The molecule has 7 nitrogen and oxygen atoms in total. The summed E-state index contributed by atoms with van der Waals surface area (Å²) in [6, 6.07) is 12.2. The van der Waals surface area contributed by atoms with Crippen molar-refractivity contribution in [3.63, 3.8) is 0 Å². The van der Waals surface area contributed by atoms with Crippen molar-refractivity contribution in [2.45, 2.75) is 38.3 Å². The fourth-order valence-electron chi connectivity index (χ4n) is 4.48. The van der Waals surface area contributed by atoms with Crippen molar-refractivity contribution in [1.29, 1.82) is 0 Å². The van der Waals surface area contributed by atoms with Gasteiger partial charge in [0.25, 0.3) is 0 Å². The van der Waals surface area contributed by atoms with E-state index in [0.29, 0.717) is 37.1 Å². The number of rotatable bonds is 7. The minimum atomic E-state index is 0.101. The summed E-state index contributed by atoms with van der Waals surface area (Å²) in [4.78, 5) is 27.9. The molecule has 0 N–H and O–H groups in total. The predicted molar refractivity (Wildman–Crippen MR) is 137 cm³/mol. The van der Waals surface area contributed by atoms with Gasteiger partial charge in [-0.2, -0.15) is 12.6 Å². The number of carbonyl (C=O) groups excluding carboxylic acids is 1. The monoisotopic (exact) mass is 483 g/mol. The lowest BCUT2D eigenvalue weighted by molar-refractivity contribution is -0.131. The highest BCUT2D eigenvalue weighted by molar-refractivity contribution is 7.80. The second-order valence-electron chi connectivity index (χ2n) is 8.93. The average Bonchev–Trinajstić information content (AvgIpc) is 3.32. The van der Waals surface area contributed by atoms with Crippen LogP contribution in [-0.4, -0.2) is 36.1 Å². The first-order valence-electron chi connectivity index (χ1n) is 11.8. The zero-order chi connectivity index (χ0) is 23.8. The number of amides is 1. The molecule has 0 bridgehead atoms. The highest BCUT2D eigenvalue weighted by atomic mass is 32.1. The highest BCUT2D eigenvalue weighted by Crippen LogP contribution is 2.40. The lowest BCUT2D eigenvalue weighted by Crippen LogP contribution is -2.26. The van der Waals surface area contributed by atoms with Crippen LogP contribution in [0.1, 0.15) is 53.8 Å². The van der Waals surface area contributed by atoms with E-state index in [9.17, 15) is 4.79 Å². The van der Waals surface area contributed by atoms with Crippen molar-refractivity contribution >= 4 is 30.7 Å². The van der Waals surface area contributed by atoms with Gasteiger partial charge in [0, 0.05) is 36.4 Å². The number of fused-ring (bicyclic) bond motifs is 1. The van der Waals surface area contributed by atoms with Crippen LogP contribution in [0.15, 0.2) is 59.4 Å². The molecule has 0 spiro atoms. The number of oxazole rings is 1. The Kier molecular flexibility index (Phi) is 5.74. The molecular weight excluding hydrogens is 458 g/mol. The SMILES string of the molecule is O=C(CCS)N1Cc2nc(-c3cccc(/C=C/c4ncc(C5CC5)o4)c3)n(-c3ccncc3)c2C1. The van der Waals surface area contributed by atoms with Gasteiger partial charge in [-0.05, 0) is 48.4 Å². The van der Waals surface area contributed by atoms with Gasteiger partial charge in [-0.15, -0.1) is 0 Å². The standard InChI is InChI=1S/C27H25N5O2S/c33-26(10-13-35)31-16-22-23(17-31)32(21-8-11-28-12-9-21)27(30-22)20-3-1-2-18(14-20)4-7-25-29-15-24(34-25)19-5-6-19/h1-4,7-9,11-12,14-15,19,35H,5-6,10,13,16-17H2/b7-4+. The third-order valence-corrected chi connectivity index (χ3v) is 6.64. The zero-order valence-electron chi connectivity index (χ0n) is 19.2. The number of carbonyl (C=O) groups is 1. The molecule has 0 saturated heterocycles. The Morgan fingerprint density at radius 2 is 2.00 bits per heavy atom. The van der Waals surface area contributed by atoms with Crippen molar-refractivity contribution in [2.75, 3.05) is 5.75 Å². The molecule has 3 aromatic heterocycles. The lowest BCUT2D eigenvalue weighted by Gasteiger charge is -2.17. The summed E-state index contributed by atoms with van der Waals surface area (Å²) in [5.41, 5.74) is 4.96. The molecule has 8 heteroatoms. The third kappa shape index (κ3) is 4.41. The number of nitrogens with zero attached hydrogens (tertiary/aromatic N) is 5. The Morgan fingerprint density at radius 3 is 2.80 bits per heavy atom. The maximum Gasteiger partial charge on any atom is 0.224 e. The maximum absolute atomic E-state index is 12.5. The largest absolute Gasteiger partial charge is 0.442 e. The first kappa shape index (κ1) is 21.9. The molecule has 1 aromatic carbocycles. The van der Waals surface area contributed by atoms with Crippen LogP contribution in [-0.2, 0) is 17.9 Å². The average molecular weight is 484 g/mol. The van der Waals surface area contributed by atoms with Crippen molar-refractivity contribution in [3.05, 3.63) is 83.6 Å². The molecule has 2 aliphatic rings. The molecule has 0 unspecified atom stereocenters. The summed E-state index contributed by atoms with van der Waals surface area (Å²) < 4.78 is 7.99. The number of imidazole rings is 1. The van der Waals surface area contributed by atoms with Crippen LogP contribution in [0.2, 0.25) is 0 Å². The molecule has 4 aromatic rings. The molecular formula is C27H25N5O2S. The number of aromatic nitrogens is 4.